The van der Waals surface area contributed by atoms with Gasteiger partial charge in [0.05, 0.1) is 6.04 Å². The minimum Gasteiger partial charge on any atom is -0.369 e. The number of hydrogen-bond acceptors (Lipinski definition) is 5. The molecule has 0 spiro atoms. The highest BCUT2D eigenvalue weighted by Crippen LogP contribution is 2.23. The number of anilines is 1. The number of aromatic nitrogens is 1. The highest BCUT2D eigenvalue weighted by molar-refractivity contribution is 6.35. The third kappa shape index (κ3) is 6.86. The Hall–Kier alpha value is -3.78. The van der Waals surface area contributed by atoms with E-state index in [-0.39, 0.29) is 11.9 Å². The molecule has 1 fully saturated rings. The van der Waals surface area contributed by atoms with Crippen LogP contribution >= 0.6 is 0 Å². The molecule has 0 unspecified atom stereocenters. The Morgan fingerprint density at radius 3 is 2.29 bits per heavy atom. The van der Waals surface area contributed by atoms with E-state index in [0.29, 0.717) is 19.5 Å². The number of nitrogens with zero attached hydrogens (tertiary/aromatic N) is 3. The van der Waals surface area contributed by atoms with Crippen LogP contribution in [0.15, 0.2) is 79.1 Å². The zero-order valence-corrected chi connectivity index (χ0v) is 19.6. The molecule has 0 bridgehead atoms. The molecule has 0 radical (unpaired) electrons. The first-order chi connectivity index (χ1) is 17.1. The van der Waals surface area contributed by atoms with Crippen LogP contribution in [0.3, 0.4) is 0 Å². The van der Waals surface area contributed by atoms with Crippen molar-refractivity contribution in [1.82, 2.24) is 20.5 Å². The Kier molecular flexibility index (Phi) is 8.40. The minimum absolute atomic E-state index is 0.111. The fourth-order valence-electron chi connectivity index (χ4n) is 4.29. The van der Waals surface area contributed by atoms with E-state index in [1.807, 2.05) is 42.5 Å². The van der Waals surface area contributed by atoms with Gasteiger partial charge in [0, 0.05) is 57.3 Å². The topological polar surface area (TPSA) is 77.6 Å². The number of carbonyl (C=O) groups excluding carboxylic acids is 2. The van der Waals surface area contributed by atoms with Crippen molar-refractivity contribution in [3.63, 3.8) is 0 Å². The normalized spacial score (nSPS) is 14.8. The monoisotopic (exact) mass is 475 g/mol. The van der Waals surface area contributed by atoms with Crippen molar-refractivity contribution in [2.45, 2.75) is 12.5 Å². The molecule has 2 amide bonds. The molecule has 8 heteroatoms. The summed E-state index contributed by atoms with van der Waals surface area (Å²) in [5.41, 5.74) is 3.07. The second kappa shape index (κ2) is 12.1. The average Bonchev–Trinajstić information content (AvgIpc) is 2.91. The molecule has 2 heterocycles. The van der Waals surface area contributed by atoms with Gasteiger partial charge in [-0.3, -0.25) is 19.5 Å². The predicted octanol–water partition coefficient (Wildman–Crippen LogP) is 2.56. The van der Waals surface area contributed by atoms with Gasteiger partial charge in [-0.15, -0.1) is 0 Å². The van der Waals surface area contributed by atoms with E-state index in [9.17, 15) is 14.0 Å². The van der Waals surface area contributed by atoms with Gasteiger partial charge in [0.1, 0.15) is 5.82 Å². The lowest BCUT2D eigenvalue weighted by molar-refractivity contribution is -0.139. The van der Waals surface area contributed by atoms with Crippen LogP contribution < -0.4 is 15.5 Å². The molecule has 182 valence electrons. The van der Waals surface area contributed by atoms with Crippen molar-refractivity contribution in [2.75, 3.05) is 44.2 Å². The average molecular weight is 476 g/mol. The highest BCUT2D eigenvalue weighted by Gasteiger charge is 2.26. The van der Waals surface area contributed by atoms with Crippen LogP contribution in [0.1, 0.15) is 17.2 Å². The molecule has 0 aliphatic carbocycles. The summed E-state index contributed by atoms with van der Waals surface area (Å²) in [6, 6.07) is 20.1. The summed E-state index contributed by atoms with van der Waals surface area (Å²) in [6.07, 6.45) is 4.17. The maximum atomic E-state index is 13.3. The first kappa shape index (κ1) is 24.3. The number of pyridine rings is 1. The standard InChI is InChI=1S/C27H30FN5O2/c28-23-8-10-24(11-9-23)32-15-17-33(18-16-32)25(22-7-4-13-29-19-22)20-31-27(35)26(34)30-14-12-21-5-2-1-3-6-21/h1-11,13,19,25H,12,14-18,20H2,(H,30,34)(H,31,35)/t25-/m1/s1. The summed E-state index contributed by atoms with van der Waals surface area (Å²) < 4.78 is 13.3. The molecule has 35 heavy (non-hydrogen) atoms. The Morgan fingerprint density at radius 1 is 0.886 bits per heavy atom. The Balaban J connectivity index is 1.31. The van der Waals surface area contributed by atoms with Gasteiger partial charge in [-0.25, -0.2) is 4.39 Å². The molecular formula is C27H30FN5O2. The van der Waals surface area contributed by atoms with Crippen LogP contribution in [0.4, 0.5) is 10.1 Å². The number of piperazine rings is 1. The lowest BCUT2D eigenvalue weighted by Crippen LogP contribution is -2.51. The van der Waals surface area contributed by atoms with Crippen molar-refractivity contribution in [1.29, 1.82) is 0 Å². The number of hydrogen-bond donors (Lipinski definition) is 2. The van der Waals surface area contributed by atoms with E-state index in [2.05, 4.69) is 25.4 Å². The molecule has 1 aliphatic heterocycles. The molecule has 2 N–H and O–H groups in total. The zero-order valence-electron chi connectivity index (χ0n) is 19.6. The molecule has 1 saturated heterocycles. The number of nitrogens with one attached hydrogen (secondary N) is 2. The first-order valence-corrected chi connectivity index (χ1v) is 11.8. The van der Waals surface area contributed by atoms with Crippen LogP contribution in [-0.4, -0.2) is 61.0 Å². The largest absolute Gasteiger partial charge is 0.369 e. The van der Waals surface area contributed by atoms with Crippen LogP contribution in [0.25, 0.3) is 0 Å². The third-order valence-electron chi connectivity index (χ3n) is 6.22. The van der Waals surface area contributed by atoms with Gasteiger partial charge in [-0.05, 0) is 47.9 Å². The van der Waals surface area contributed by atoms with Crippen molar-refractivity contribution in [3.8, 4) is 0 Å². The van der Waals surface area contributed by atoms with E-state index in [0.717, 1.165) is 43.0 Å². The maximum Gasteiger partial charge on any atom is 0.309 e. The summed E-state index contributed by atoms with van der Waals surface area (Å²) >= 11 is 0. The van der Waals surface area contributed by atoms with Crippen molar-refractivity contribution in [3.05, 3.63) is 96.1 Å². The quantitative estimate of drug-likeness (QED) is 0.490. The summed E-state index contributed by atoms with van der Waals surface area (Å²) in [5.74, 6) is -1.52. The molecule has 7 nitrogen and oxygen atoms in total. The van der Waals surface area contributed by atoms with Crippen LogP contribution in [-0.2, 0) is 16.0 Å². The van der Waals surface area contributed by atoms with E-state index in [4.69, 9.17) is 0 Å². The maximum absolute atomic E-state index is 13.3. The van der Waals surface area contributed by atoms with E-state index in [1.165, 1.54) is 12.1 Å². The molecular weight excluding hydrogens is 445 g/mol. The number of amides is 2. The summed E-state index contributed by atoms with van der Waals surface area (Å²) in [4.78, 5) is 33.5. The highest BCUT2D eigenvalue weighted by atomic mass is 19.1. The Bertz CT molecular complexity index is 1090. The van der Waals surface area contributed by atoms with Gasteiger partial charge in [0.2, 0.25) is 0 Å². The van der Waals surface area contributed by atoms with Gasteiger partial charge in [-0.2, -0.15) is 0 Å². The summed E-state index contributed by atoms with van der Waals surface area (Å²) in [6.45, 7) is 3.76. The Labute approximate surface area is 205 Å². The molecule has 4 rings (SSSR count). The molecule has 0 saturated carbocycles. The zero-order chi connectivity index (χ0) is 24.5. The smallest absolute Gasteiger partial charge is 0.309 e. The SMILES string of the molecule is O=C(NCCc1ccccc1)C(=O)NC[C@H](c1cccnc1)N1CCN(c2ccc(F)cc2)CC1. The number of halogens is 1. The molecule has 1 aromatic heterocycles. The van der Waals surface area contributed by atoms with Gasteiger partial charge in [0.15, 0.2) is 0 Å². The van der Waals surface area contributed by atoms with E-state index in [1.54, 1.807) is 24.5 Å². The van der Waals surface area contributed by atoms with Gasteiger partial charge in [-0.1, -0.05) is 36.4 Å². The Morgan fingerprint density at radius 2 is 1.60 bits per heavy atom. The van der Waals surface area contributed by atoms with E-state index >= 15 is 0 Å². The number of rotatable bonds is 8. The van der Waals surface area contributed by atoms with E-state index < -0.39 is 11.8 Å². The molecule has 1 atom stereocenters. The van der Waals surface area contributed by atoms with Crippen molar-refractivity contribution in [2.24, 2.45) is 0 Å². The molecule has 3 aromatic rings. The second-order valence-corrected chi connectivity index (χ2v) is 8.50. The van der Waals surface area contributed by atoms with Gasteiger partial charge < -0.3 is 15.5 Å². The first-order valence-electron chi connectivity index (χ1n) is 11.8. The van der Waals surface area contributed by atoms with Crippen LogP contribution in [0, 0.1) is 5.82 Å². The van der Waals surface area contributed by atoms with Crippen LogP contribution in [0.5, 0.6) is 0 Å². The third-order valence-corrected chi connectivity index (χ3v) is 6.22. The summed E-state index contributed by atoms with van der Waals surface area (Å²) in [7, 11) is 0. The lowest BCUT2D eigenvalue weighted by Gasteiger charge is -2.40. The predicted molar refractivity (Wildman–Crippen MR) is 133 cm³/mol. The number of benzene rings is 2. The van der Waals surface area contributed by atoms with Crippen molar-refractivity contribution >= 4 is 17.5 Å². The fourth-order valence-corrected chi connectivity index (χ4v) is 4.29. The number of carbonyl (C=O) groups is 2. The molecule has 1 aliphatic rings. The summed E-state index contributed by atoms with van der Waals surface area (Å²) in [5, 5.41) is 5.49. The lowest BCUT2D eigenvalue weighted by atomic mass is 10.1. The van der Waals surface area contributed by atoms with Crippen molar-refractivity contribution < 1.29 is 14.0 Å². The van der Waals surface area contributed by atoms with Gasteiger partial charge >= 0.3 is 11.8 Å². The molecule has 2 aromatic carbocycles. The minimum atomic E-state index is -0.642. The van der Waals surface area contributed by atoms with Gasteiger partial charge in [0.25, 0.3) is 0 Å². The fraction of sp³-hybridized carbons (Fsp3) is 0.296. The van der Waals surface area contributed by atoms with Crippen LogP contribution in [0.2, 0.25) is 0 Å². The second-order valence-electron chi connectivity index (χ2n) is 8.50.